The van der Waals surface area contributed by atoms with Crippen LogP contribution in [-0.2, 0) is 16.0 Å². The van der Waals surface area contributed by atoms with Gasteiger partial charge in [-0.15, -0.1) is 0 Å². The molecule has 1 heterocycles. The van der Waals surface area contributed by atoms with Crippen molar-refractivity contribution >= 4 is 29.0 Å². The van der Waals surface area contributed by atoms with E-state index in [1.807, 2.05) is 18.2 Å². The summed E-state index contributed by atoms with van der Waals surface area (Å²) in [5.74, 6) is 0.408. The fraction of sp³-hybridized carbons (Fsp3) is 0.250. The summed E-state index contributed by atoms with van der Waals surface area (Å²) >= 11 is 5.81. The number of carbonyl (C=O) groups is 1. The molecule has 116 valence electrons. The Labute approximate surface area is 134 Å². The van der Waals surface area contributed by atoms with Crippen molar-refractivity contribution in [1.82, 2.24) is 4.98 Å². The maximum absolute atomic E-state index is 11.9. The molecule has 0 radical (unpaired) electrons. The summed E-state index contributed by atoms with van der Waals surface area (Å²) in [7, 11) is 1.65. The molecule has 2 rings (SSSR count). The largest absolute Gasteiger partial charge is 0.383 e. The summed E-state index contributed by atoms with van der Waals surface area (Å²) in [6, 6.07) is 10.8. The standard InChI is InChI=1S/C16H18ClN3O2/c1-22-9-8-18-14-6-7-15(19-11-14)20-16(21)10-12-2-4-13(17)5-3-12/h2-7,11,18H,8-10H2,1H3,(H,19,20,21). The van der Waals surface area contributed by atoms with Gasteiger partial charge < -0.3 is 15.4 Å². The lowest BCUT2D eigenvalue weighted by molar-refractivity contribution is -0.115. The van der Waals surface area contributed by atoms with Crippen LogP contribution >= 0.6 is 11.6 Å². The number of halogens is 1. The first kappa shape index (κ1) is 16.3. The number of methoxy groups -OCH3 is 1. The second-order valence-corrected chi connectivity index (χ2v) is 5.14. The van der Waals surface area contributed by atoms with E-state index in [0.29, 0.717) is 24.0 Å². The fourth-order valence-electron chi connectivity index (χ4n) is 1.84. The van der Waals surface area contributed by atoms with Crippen molar-refractivity contribution in [2.75, 3.05) is 30.9 Å². The molecule has 0 aliphatic carbocycles. The van der Waals surface area contributed by atoms with Gasteiger partial charge in [0.05, 0.1) is 24.9 Å². The summed E-state index contributed by atoms with van der Waals surface area (Å²) in [5.41, 5.74) is 1.78. The highest BCUT2D eigenvalue weighted by atomic mass is 35.5. The van der Waals surface area contributed by atoms with Gasteiger partial charge in [0, 0.05) is 18.7 Å². The van der Waals surface area contributed by atoms with E-state index in [0.717, 1.165) is 11.3 Å². The minimum atomic E-state index is -0.116. The first-order valence-corrected chi connectivity index (χ1v) is 7.28. The summed E-state index contributed by atoms with van der Waals surface area (Å²) in [6.45, 7) is 1.33. The number of benzene rings is 1. The molecule has 0 bridgehead atoms. The first-order valence-electron chi connectivity index (χ1n) is 6.90. The molecule has 1 amide bonds. The van der Waals surface area contributed by atoms with E-state index in [1.165, 1.54) is 0 Å². The lowest BCUT2D eigenvalue weighted by Gasteiger charge is -2.07. The molecule has 5 nitrogen and oxygen atoms in total. The molecule has 22 heavy (non-hydrogen) atoms. The van der Waals surface area contributed by atoms with Crippen LogP contribution in [0.25, 0.3) is 0 Å². The average Bonchev–Trinajstić information content (AvgIpc) is 2.51. The molecule has 2 aromatic rings. The number of aromatic nitrogens is 1. The van der Waals surface area contributed by atoms with Crippen molar-refractivity contribution in [3.05, 3.63) is 53.2 Å². The van der Waals surface area contributed by atoms with Gasteiger partial charge in [-0.2, -0.15) is 0 Å². The maximum atomic E-state index is 11.9. The summed E-state index contributed by atoms with van der Waals surface area (Å²) in [5, 5.41) is 6.58. The van der Waals surface area contributed by atoms with Crippen LogP contribution in [-0.4, -0.2) is 31.2 Å². The second-order valence-electron chi connectivity index (χ2n) is 4.70. The van der Waals surface area contributed by atoms with Gasteiger partial charge in [0.2, 0.25) is 5.91 Å². The predicted molar refractivity (Wildman–Crippen MR) is 88.4 cm³/mol. The molecule has 0 spiro atoms. The minimum Gasteiger partial charge on any atom is -0.383 e. The molecule has 0 saturated carbocycles. The van der Waals surface area contributed by atoms with Crippen LogP contribution in [0.1, 0.15) is 5.56 Å². The average molecular weight is 320 g/mol. The number of carbonyl (C=O) groups excluding carboxylic acids is 1. The van der Waals surface area contributed by atoms with Crippen molar-refractivity contribution in [1.29, 1.82) is 0 Å². The highest BCUT2D eigenvalue weighted by Gasteiger charge is 2.05. The third-order valence-electron chi connectivity index (χ3n) is 2.94. The summed E-state index contributed by atoms with van der Waals surface area (Å²) in [4.78, 5) is 16.1. The Bertz CT molecular complexity index is 600. The van der Waals surface area contributed by atoms with E-state index in [2.05, 4.69) is 15.6 Å². The zero-order valence-electron chi connectivity index (χ0n) is 12.3. The van der Waals surface area contributed by atoms with Crippen LogP contribution < -0.4 is 10.6 Å². The molecular weight excluding hydrogens is 302 g/mol. The van der Waals surface area contributed by atoms with Gasteiger partial charge in [-0.3, -0.25) is 4.79 Å². The Hall–Kier alpha value is -2.11. The number of rotatable bonds is 7. The van der Waals surface area contributed by atoms with E-state index < -0.39 is 0 Å². The molecule has 1 aromatic carbocycles. The van der Waals surface area contributed by atoms with Gasteiger partial charge >= 0.3 is 0 Å². The quantitative estimate of drug-likeness (QED) is 0.770. The van der Waals surface area contributed by atoms with Gasteiger partial charge in [0.25, 0.3) is 0 Å². The monoisotopic (exact) mass is 319 g/mol. The van der Waals surface area contributed by atoms with E-state index >= 15 is 0 Å². The Morgan fingerprint density at radius 3 is 2.64 bits per heavy atom. The Balaban J connectivity index is 1.84. The number of anilines is 2. The Morgan fingerprint density at radius 1 is 1.23 bits per heavy atom. The van der Waals surface area contributed by atoms with Gasteiger partial charge in [-0.05, 0) is 29.8 Å². The van der Waals surface area contributed by atoms with Gasteiger partial charge in [0.15, 0.2) is 0 Å². The molecule has 6 heteroatoms. The minimum absolute atomic E-state index is 0.116. The number of nitrogens with one attached hydrogen (secondary N) is 2. The Morgan fingerprint density at radius 2 is 2.00 bits per heavy atom. The van der Waals surface area contributed by atoms with Crippen molar-refractivity contribution in [3.8, 4) is 0 Å². The number of pyridine rings is 1. The predicted octanol–water partition coefficient (Wildman–Crippen LogP) is 2.97. The third-order valence-corrected chi connectivity index (χ3v) is 3.20. The SMILES string of the molecule is COCCNc1ccc(NC(=O)Cc2ccc(Cl)cc2)nc1. The zero-order valence-corrected chi connectivity index (χ0v) is 13.1. The number of hydrogen-bond acceptors (Lipinski definition) is 4. The molecule has 0 aliphatic heterocycles. The molecule has 1 aromatic heterocycles. The van der Waals surface area contributed by atoms with E-state index in [4.69, 9.17) is 16.3 Å². The van der Waals surface area contributed by atoms with Crippen molar-refractivity contribution in [2.24, 2.45) is 0 Å². The number of nitrogens with zero attached hydrogens (tertiary/aromatic N) is 1. The molecule has 0 fully saturated rings. The van der Waals surface area contributed by atoms with Crippen molar-refractivity contribution in [2.45, 2.75) is 6.42 Å². The van der Waals surface area contributed by atoms with Crippen LogP contribution in [0.15, 0.2) is 42.6 Å². The maximum Gasteiger partial charge on any atom is 0.229 e. The van der Waals surface area contributed by atoms with Gasteiger partial charge in [0.1, 0.15) is 5.82 Å². The number of amides is 1. The summed E-state index contributed by atoms with van der Waals surface area (Å²) in [6.07, 6.45) is 1.96. The van der Waals surface area contributed by atoms with E-state index in [9.17, 15) is 4.79 Å². The lowest BCUT2D eigenvalue weighted by atomic mass is 10.1. The second kappa shape index (κ2) is 8.36. The van der Waals surface area contributed by atoms with Crippen LogP contribution in [0.4, 0.5) is 11.5 Å². The molecule has 0 atom stereocenters. The number of hydrogen-bond donors (Lipinski definition) is 2. The number of ether oxygens (including phenoxy) is 1. The Kier molecular flexibility index (Phi) is 6.18. The summed E-state index contributed by atoms with van der Waals surface area (Å²) < 4.78 is 4.96. The zero-order chi connectivity index (χ0) is 15.8. The van der Waals surface area contributed by atoms with Gasteiger partial charge in [-0.1, -0.05) is 23.7 Å². The normalized spacial score (nSPS) is 10.3. The highest BCUT2D eigenvalue weighted by molar-refractivity contribution is 6.30. The third kappa shape index (κ3) is 5.35. The van der Waals surface area contributed by atoms with Crippen LogP contribution in [0, 0.1) is 0 Å². The van der Waals surface area contributed by atoms with E-state index in [-0.39, 0.29) is 12.3 Å². The van der Waals surface area contributed by atoms with Gasteiger partial charge in [-0.25, -0.2) is 4.98 Å². The van der Waals surface area contributed by atoms with Crippen LogP contribution in [0.3, 0.4) is 0 Å². The van der Waals surface area contributed by atoms with E-state index in [1.54, 1.807) is 31.5 Å². The fourth-order valence-corrected chi connectivity index (χ4v) is 1.97. The van der Waals surface area contributed by atoms with Crippen LogP contribution in [0.5, 0.6) is 0 Å². The molecule has 0 saturated heterocycles. The first-order chi connectivity index (χ1) is 10.7. The smallest absolute Gasteiger partial charge is 0.229 e. The molecule has 2 N–H and O–H groups in total. The molecule has 0 unspecified atom stereocenters. The topological polar surface area (TPSA) is 63.2 Å². The van der Waals surface area contributed by atoms with Crippen molar-refractivity contribution in [3.63, 3.8) is 0 Å². The molecular formula is C16H18ClN3O2. The highest BCUT2D eigenvalue weighted by Crippen LogP contribution is 2.12. The van der Waals surface area contributed by atoms with Crippen LogP contribution in [0.2, 0.25) is 5.02 Å². The van der Waals surface area contributed by atoms with Crippen molar-refractivity contribution < 1.29 is 9.53 Å². The molecule has 0 aliphatic rings. The lowest BCUT2D eigenvalue weighted by Crippen LogP contribution is -2.15.